The molecular formula is C9H12N2O2S. The van der Waals surface area contributed by atoms with Crippen molar-refractivity contribution in [1.29, 1.82) is 0 Å². The highest BCUT2D eigenvalue weighted by Crippen LogP contribution is 2.30. The van der Waals surface area contributed by atoms with E-state index >= 15 is 0 Å². The maximum atomic E-state index is 11.5. The van der Waals surface area contributed by atoms with Crippen molar-refractivity contribution in [3.05, 3.63) is 10.9 Å². The second kappa shape index (κ2) is 4.76. The molecule has 0 saturated heterocycles. The summed E-state index contributed by atoms with van der Waals surface area (Å²) in [5.41, 5.74) is 6.12. The van der Waals surface area contributed by atoms with E-state index in [0.717, 1.165) is 6.42 Å². The standard InChI is InChI=1S/C9H12N2O2S/c1-2-3-7(13)8-4-6(11-5-12)9(10)14-8/h4-5H,2-3,10H2,1H3,(H,11,12). The van der Waals surface area contributed by atoms with Crippen molar-refractivity contribution in [1.82, 2.24) is 0 Å². The molecule has 0 atom stereocenters. The Morgan fingerprint density at radius 1 is 1.71 bits per heavy atom. The van der Waals surface area contributed by atoms with Crippen molar-refractivity contribution in [3.8, 4) is 0 Å². The Hall–Kier alpha value is -1.36. The Kier molecular flexibility index (Phi) is 3.64. The molecule has 0 radical (unpaired) electrons. The highest BCUT2D eigenvalue weighted by Gasteiger charge is 2.11. The van der Waals surface area contributed by atoms with Gasteiger partial charge in [0, 0.05) is 6.42 Å². The number of nitrogens with two attached hydrogens (primary N) is 1. The van der Waals surface area contributed by atoms with Gasteiger partial charge in [-0.25, -0.2) is 0 Å². The predicted octanol–water partition coefficient (Wildman–Crippen LogP) is 1.88. The van der Waals surface area contributed by atoms with Crippen LogP contribution in [0.5, 0.6) is 0 Å². The zero-order valence-electron chi connectivity index (χ0n) is 7.87. The molecule has 0 aliphatic rings. The summed E-state index contributed by atoms with van der Waals surface area (Å²) in [4.78, 5) is 22.2. The number of thiophene rings is 1. The average Bonchev–Trinajstić information content (AvgIpc) is 2.49. The maximum absolute atomic E-state index is 11.5. The van der Waals surface area contributed by atoms with Crippen LogP contribution < -0.4 is 11.1 Å². The Morgan fingerprint density at radius 2 is 2.43 bits per heavy atom. The van der Waals surface area contributed by atoms with Crippen LogP contribution in [-0.4, -0.2) is 12.2 Å². The minimum atomic E-state index is 0.0724. The predicted molar refractivity (Wildman–Crippen MR) is 57.7 cm³/mol. The molecule has 5 heteroatoms. The van der Waals surface area contributed by atoms with Crippen LogP contribution in [0.4, 0.5) is 10.7 Å². The number of rotatable bonds is 5. The molecule has 0 spiro atoms. The van der Waals surface area contributed by atoms with Gasteiger partial charge in [0.15, 0.2) is 5.78 Å². The van der Waals surface area contributed by atoms with Crippen molar-refractivity contribution in [2.75, 3.05) is 11.1 Å². The second-order valence-corrected chi connectivity index (χ2v) is 3.91. The van der Waals surface area contributed by atoms with Crippen LogP contribution in [-0.2, 0) is 4.79 Å². The first-order valence-corrected chi connectivity index (χ1v) is 5.13. The number of Topliss-reactive ketones (excluding diaryl/α,β-unsaturated/α-hetero) is 1. The van der Waals surface area contributed by atoms with E-state index in [-0.39, 0.29) is 5.78 Å². The summed E-state index contributed by atoms with van der Waals surface area (Å²) in [6.45, 7) is 1.94. The van der Waals surface area contributed by atoms with E-state index in [1.165, 1.54) is 11.3 Å². The first-order chi connectivity index (χ1) is 6.69. The number of ketones is 1. The molecule has 0 fully saturated rings. The lowest BCUT2D eigenvalue weighted by atomic mass is 10.2. The Balaban J connectivity index is 2.84. The molecule has 1 rings (SSSR count). The van der Waals surface area contributed by atoms with E-state index in [9.17, 15) is 9.59 Å². The van der Waals surface area contributed by atoms with Gasteiger partial charge < -0.3 is 11.1 Å². The Labute approximate surface area is 86.1 Å². The fraction of sp³-hybridized carbons (Fsp3) is 0.333. The largest absolute Gasteiger partial charge is 0.389 e. The molecule has 1 heterocycles. The van der Waals surface area contributed by atoms with Gasteiger partial charge in [0.05, 0.1) is 10.6 Å². The third kappa shape index (κ3) is 2.32. The summed E-state index contributed by atoms with van der Waals surface area (Å²) in [7, 11) is 0. The van der Waals surface area contributed by atoms with E-state index in [2.05, 4.69) is 5.32 Å². The van der Waals surface area contributed by atoms with Gasteiger partial charge in [0.1, 0.15) is 5.00 Å². The average molecular weight is 212 g/mol. The van der Waals surface area contributed by atoms with Gasteiger partial charge in [-0.15, -0.1) is 11.3 Å². The molecule has 0 aliphatic carbocycles. The zero-order valence-corrected chi connectivity index (χ0v) is 8.69. The van der Waals surface area contributed by atoms with E-state index in [0.29, 0.717) is 28.4 Å². The van der Waals surface area contributed by atoms with Crippen LogP contribution >= 0.6 is 11.3 Å². The second-order valence-electron chi connectivity index (χ2n) is 2.82. The summed E-state index contributed by atoms with van der Waals surface area (Å²) in [5.74, 6) is 0.0724. The number of anilines is 2. The van der Waals surface area contributed by atoms with Crippen molar-refractivity contribution in [2.24, 2.45) is 0 Å². The summed E-state index contributed by atoms with van der Waals surface area (Å²) >= 11 is 1.21. The first-order valence-electron chi connectivity index (χ1n) is 4.31. The van der Waals surface area contributed by atoms with Gasteiger partial charge in [0.25, 0.3) is 0 Å². The van der Waals surface area contributed by atoms with Crippen molar-refractivity contribution >= 4 is 34.2 Å². The van der Waals surface area contributed by atoms with Gasteiger partial charge >= 0.3 is 0 Å². The van der Waals surface area contributed by atoms with E-state index in [4.69, 9.17) is 5.73 Å². The van der Waals surface area contributed by atoms with Gasteiger partial charge in [0.2, 0.25) is 6.41 Å². The van der Waals surface area contributed by atoms with Crippen LogP contribution in [0.1, 0.15) is 29.4 Å². The fourth-order valence-electron chi connectivity index (χ4n) is 1.07. The molecule has 0 saturated carbocycles. The number of amides is 1. The highest BCUT2D eigenvalue weighted by atomic mass is 32.1. The normalized spacial score (nSPS) is 9.79. The smallest absolute Gasteiger partial charge is 0.211 e. The minimum absolute atomic E-state index is 0.0724. The molecule has 3 N–H and O–H groups in total. The quantitative estimate of drug-likeness (QED) is 0.578. The molecule has 4 nitrogen and oxygen atoms in total. The van der Waals surface area contributed by atoms with Crippen LogP contribution in [0.2, 0.25) is 0 Å². The number of carbonyl (C=O) groups excluding carboxylic acids is 2. The number of hydrogen-bond donors (Lipinski definition) is 2. The lowest BCUT2D eigenvalue weighted by Crippen LogP contribution is -1.95. The zero-order chi connectivity index (χ0) is 10.6. The van der Waals surface area contributed by atoms with Crippen LogP contribution in [0, 0.1) is 0 Å². The van der Waals surface area contributed by atoms with Gasteiger partial charge in [-0.3, -0.25) is 9.59 Å². The number of nitrogens with one attached hydrogen (secondary N) is 1. The fourth-order valence-corrected chi connectivity index (χ4v) is 1.93. The van der Waals surface area contributed by atoms with E-state index in [1.807, 2.05) is 6.92 Å². The molecule has 0 aliphatic heterocycles. The molecule has 0 aromatic carbocycles. The number of nitrogen functional groups attached to an aromatic ring is 1. The maximum Gasteiger partial charge on any atom is 0.211 e. The summed E-state index contributed by atoms with van der Waals surface area (Å²) in [5, 5.41) is 2.91. The molecule has 0 unspecified atom stereocenters. The first kappa shape index (κ1) is 10.7. The van der Waals surface area contributed by atoms with Gasteiger partial charge in [-0.1, -0.05) is 6.92 Å². The number of carbonyl (C=O) groups is 2. The SMILES string of the molecule is CCCC(=O)c1cc(NC=O)c(N)s1. The lowest BCUT2D eigenvalue weighted by molar-refractivity contribution is -0.105. The molecular weight excluding hydrogens is 200 g/mol. The summed E-state index contributed by atoms with van der Waals surface area (Å²) in [6, 6.07) is 1.62. The van der Waals surface area contributed by atoms with Crippen LogP contribution in [0.25, 0.3) is 0 Å². The van der Waals surface area contributed by atoms with Crippen LogP contribution in [0.15, 0.2) is 6.07 Å². The molecule has 1 amide bonds. The van der Waals surface area contributed by atoms with Gasteiger partial charge in [-0.05, 0) is 12.5 Å². The van der Waals surface area contributed by atoms with E-state index < -0.39 is 0 Å². The molecule has 1 aromatic heterocycles. The monoisotopic (exact) mass is 212 g/mol. The van der Waals surface area contributed by atoms with Crippen LogP contribution in [0.3, 0.4) is 0 Å². The Bertz CT molecular complexity index is 347. The number of hydrogen-bond acceptors (Lipinski definition) is 4. The van der Waals surface area contributed by atoms with E-state index in [1.54, 1.807) is 6.07 Å². The molecule has 14 heavy (non-hydrogen) atoms. The molecule has 1 aromatic rings. The van der Waals surface area contributed by atoms with Gasteiger partial charge in [-0.2, -0.15) is 0 Å². The van der Waals surface area contributed by atoms with Crippen molar-refractivity contribution in [3.63, 3.8) is 0 Å². The summed E-state index contributed by atoms with van der Waals surface area (Å²) < 4.78 is 0. The molecule has 0 bridgehead atoms. The van der Waals surface area contributed by atoms with Crippen molar-refractivity contribution in [2.45, 2.75) is 19.8 Å². The third-order valence-corrected chi connectivity index (χ3v) is 2.73. The summed E-state index contributed by atoms with van der Waals surface area (Å²) in [6.07, 6.45) is 1.88. The topological polar surface area (TPSA) is 72.2 Å². The lowest BCUT2D eigenvalue weighted by Gasteiger charge is -1.92. The minimum Gasteiger partial charge on any atom is -0.389 e. The third-order valence-electron chi connectivity index (χ3n) is 1.73. The Morgan fingerprint density at radius 3 is 3.00 bits per heavy atom. The molecule has 76 valence electrons. The highest BCUT2D eigenvalue weighted by molar-refractivity contribution is 7.18. The van der Waals surface area contributed by atoms with Crippen molar-refractivity contribution < 1.29 is 9.59 Å².